The lowest BCUT2D eigenvalue weighted by atomic mass is 10.0. The lowest BCUT2D eigenvalue weighted by molar-refractivity contribution is -0.116. The van der Waals surface area contributed by atoms with E-state index in [1.54, 1.807) is 36.4 Å². The number of benzene rings is 2. The van der Waals surface area contributed by atoms with E-state index >= 15 is 0 Å². The molecule has 1 unspecified atom stereocenters. The Morgan fingerprint density at radius 3 is 2.33 bits per heavy atom. The first-order valence-corrected chi connectivity index (χ1v) is 8.54. The van der Waals surface area contributed by atoms with E-state index in [9.17, 15) is 20.1 Å². The van der Waals surface area contributed by atoms with Crippen LogP contribution in [0, 0.1) is 0 Å². The monoisotopic (exact) mass is 372 g/mol. The standard InChI is InChI=1S/C21H24O6/c1-26-20-11-14(5-9-18(20)24)3-7-16(22)13-17(23)8-4-15-6-10-19(25)21(12-15)27-2/h3,5-7,9-12,17,23-25H,4,8,13H2,1-2H3. The van der Waals surface area contributed by atoms with Gasteiger partial charge in [0.05, 0.1) is 20.3 Å². The zero-order chi connectivity index (χ0) is 19.8. The summed E-state index contributed by atoms with van der Waals surface area (Å²) in [6, 6.07) is 9.78. The maximum Gasteiger partial charge on any atom is 0.161 e. The fraction of sp³-hybridized carbons (Fsp3) is 0.286. The SMILES string of the molecule is COc1cc(C=CC(=O)CC(O)CCc2ccc(O)c(OC)c2)ccc1O. The largest absolute Gasteiger partial charge is 0.504 e. The average molecular weight is 372 g/mol. The molecule has 3 N–H and O–H groups in total. The van der Waals surface area contributed by atoms with Gasteiger partial charge >= 0.3 is 0 Å². The molecule has 144 valence electrons. The second kappa shape index (κ2) is 9.64. The van der Waals surface area contributed by atoms with E-state index in [2.05, 4.69) is 0 Å². The number of allylic oxidation sites excluding steroid dienone is 1. The van der Waals surface area contributed by atoms with Crippen molar-refractivity contribution in [2.75, 3.05) is 14.2 Å². The molecule has 2 rings (SSSR count). The fourth-order valence-corrected chi connectivity index (χ4v) is 2.60. The third kappa shape index (κ3) is 6.04. The van der Waals surface area contributed by atoms with E-state index in [-0.39, 0.29) is 23.7 Å². The van der Waals surface area contributed by atoms with Gasteiger partial charge in [-0.05, 0) is 54.3 Å². The molecule has 2 aromatic rings. The number of aliphatic hydroxyl groups excluding tert-OH is 1. The molecular formula is C21H24O6. The highest BCUT2D eigenvalue weighted by Crippen LogP contribution is 2.28. The summed E-state index contributed by atoms with van der Waals surface area (Å²) in [5.41, 5.74) is 1.62. The minimum atomic E-state index is -0.767. The van der Waals surface area contributed by atoms with Gasteiger partial charge in [0, 0.05) is 6.42 Å². The maximum absolute atomic E-state index is 12.0. The topological polar surface area (TPSA) is 96.2 Å². The number of aryl methyl sites for hydroxylation is 1. The number of ether oxygens (including phenoxy) is 2. The number of aliphatic hydroxyl groups is 1. The third-order valence-electron chi connectivity index (χ3n) is 4.11. The Morgan fingerprint density at radius 2 is 1.67 bits per heavy atom. The minimum Gasteiger partial charge on any atom is -0.504 e. The summed E-state index contributed by atoms with van der Waals surface area (Å²) < 4.78 is 10.1. The van der Waals surface area contributed by atoms with Crippen molar-refractivity contribution in [2.45, 2.75) is 25.4 Å². The molecule has 0 amide bonds. The second-order valence-corrected chi connectivity index (χ2v) is 6.13. The smallest absolute Gasteiger partial charge is 0.161 e. The highest BCUT2D eigenvalue weighted by atomic mass is 16.5. The lowest BCUT2D eigenvalue weighted by Gasteiger charge is -2.10. The number of hydrogen-bond donors (Lipinski definition) is 3. The zero-order valence-electron chi connectivity index (χ0n) is 15.4. The maximum atomic E-state index is 12.0. The molecule has 0 saturated carbocycles. The molecule has 27 heavy (non-hydrogen) atoms. The van der Waals surface area contributed by atoms with E-state index in [1.807, 2.05) is 0 Å². The van der Waals surface area contributed by atoms with Crippen LogP contribution in [0.3, 0.4) is 0 Å². The summed E-state index contributed by atoms with van der Waals surface area (Å²) in [7, 11) is 2.93. The fourth-order valence-electron chi connectivity index (χ4n) is 2.60. The van der Waals surface area contributed by atoms with Crippen LogP contribution in [0.25, 0.3) is 6.08 Å². The van der Waals surface area contributed by atoms with Crippen molar-refractivity contribution in [1.29, 1.82) is 0 Å². The van der Waals surface area contributed by atoms with Gasteiger partial charge in [-0.2, -0.15) is 0 Å². The molecule has 1 atom stereocenters. The van der Waals surface area contributed by atoms with E-state index in [0.29, 0.717) is 29.9 Å². The predicted molar refractivity (Wildman–Crippen MR) is 102 cm³/mol. The summed E-state index contributed by atoms with van der Waals surface area (Å²) in [5, 5.41) is 29.2. The Bertz CT molecular complexity index is 812. The molecule has 0 aromatic heterocycles. The average Bonchev–Trinajstić information content (AvgIpc) is 2.66. The van der Waals surface area contributed by atoms with Crippen molar-refractivity contribution >= 4 is 11.9 Å². The molecule has 0 saturated heterocycles. The zero-order valence-corrected chi connectivity index (χ0v) is 15.4. The van der Waals surface area contributed by atoms with Gasteiger partial charge in [-0.3, -0.25) is 4.79 Å². The number of phenolic OH excluding ortho intramolecular Hbond substituents is 2. The van der Waals surface area contributed by atoms with Crippen molar-refractivity contribution in [3.8, 4) is 23.0 Å². The van der Waals surface area contributed by atoms with E-state index in [0.717, 1.165) is 5.56 Å². The molecule has 2 aromatic carbocycles. The van der Waals surface area contributed by atoms with Crippen LogP contribution in [0.2, 0.25) is 0 Å². The predicted octanol–water partition coefficient (Wildman–Crippen LogP) is 3.08. The first kappa shape index (κ1) is 20.3. The Morgan fingerprint density at radius 1 is 1.04 bits per heavy atom. The van der Waals surface area contributed by atoms with Crippen LogP contribution >= 0.6 is 0 Å². The highest BCUT2D eigenvalue weighted by Gasteiger charge is 2.10. The van der Waals surface area contributed by atoms with Crippen molar-refractivity contribution in [2.24, 2.45) is 0 Å². The van der Waals surface area contributed by atoms with Crippen LogP contribution in [0.5, 0.6) is 23.0 Å². The summed E-state index contributed by atoms with van der Waals surface area (Å²) in [6.07, 6.45) is 3.24. The Kier molecular flexibility index (Phi) is 7.25. The van der Waals surface area contributed by atoms with Crippen LogP contribution in [0.4, 0.5) is 0 Å². The highest BCUT2D eigenvalue weighted by molar-refractivity contribution is 5.93. The van der Waals surface area contributed by atoms with Crippen LogP contribution in [0.15, 0.2) is 42.5 Å². The number of rotatable bonds is 9. The van der Waals surface area contributed by atoms with Crippen molar-refractivity contribution in [3.63, 3.8) is 0 Å². The number of methoxy groups -OCH3 is 2. The van der Waals surface area contributed by atoms with Gasteiger partial charge in [0.1, 0.15) is 0 Å². The molecule has 0 aliphatic heterocycles. The molecule has 0 heterocycles. The molecule has 0 radical (unpaired) electrons. The number of carbonyl (C=O) groups excluding carboxylic acids is 1. The molecule has 0 fully saturated rings. The van der Waals surface area contributed by atoms with Gasteiger partial charge < -0.3 is 24.8 Å². The molecule has 0 aliphatic rings. The van der Waals surface area contributed by atoms with Crippen LogP contribution in [-0.4, -0.2) is 41.4 Å². The summed E-state index contributed by atoms with van der Waals surface area (Å²) in [6.45, 7) is 0. The van der Waals surface area contributed by atoms with Gasteiger partial charge in [0.25, 0.3) is 0 Å². The summed E-state index contributed by atoms with van der Waals surface area (Å²) in [5.74, 6) is 0.604. The van der Waals surface area contributed by atoms with Crippen molar-refractivity contribution in [1.82, 2.24) is 0 Å². The first-order chi connectivity index (χ1) is 12.9. The quantitative estimate of drug-likeness (QED) is 0.586. The molecule has 6 heteroatoms. The summed E-state index contributed by atoms with van der Waals surface area (Å²) in [4.78, 5) is 12.0. The molecular weight excluding hydrogens is 348 g/mol. The number of carbonyl (C=O) groups is 1. The van der Waals surface area contributed by atoms with Crippen LogP contribution in [0.1, 0.15) is 24.0 Å². The van der Waals surface area contributed by atoms with E-state index < -0.39 is 6.10 Å². The molecule has 6 nitrogen and oxygen atoms in total. The van der Waals surface area contributed by atoms with Crippen LogP contribution in [-0.2, 0) is 11.2 Å². The third-order valence-corrected chi connectivity index (χ3v) is 4.11. The second-order valence-electron chi connectivity index (χ2n) is 6.13. The Labute approximate surface area is 158 Å². The summed E-state index contributed by atoms with van der Waals surface area (Å²) >= 11 is 0. The molecule has 0 aliphatic carbocycles. The van der Waals surface area contributed by atoms with E-state index in [4.69, 9.17) is 9.47 Å². The number of ketones is 1. The normalized spacial score (nSPS) is 12.1. The van der Waals surface area contributed by atoms with Gasteiger partial charge in [-0.1, -0.05) is 18.2 Å². The lowest BCUT2D eigenvalue weighted by Crippen LogP contribution is -2.13. The van der Waals surface area contributed by atoms with Crippen LogP contribution < -0.4 is 9.47 Å². The van der Waals surface area contributed by atoms with Crippen molar-refractivity contribution < 1.29 is 29.6 Å². The van der Waals surface area contributed by atoms with Gasteiger partial charge in [0.2, 0.25) is 0 Å². The Balaban J connectivity index is 1.86. The molecule has 0 spiro atoms. The van der Waals surface area contributed by atoms with Gasteiger partial charge in [0.15, 0.2) is 28.8 Å². The van der Waals surface area contributed by atoms with E-state index in [1.165, 1.54) is 26.4 Å². The van der Waals surface area contributed by atoms with Gasteiger partial charge in [-0.25, -0.2) is 0 Å². The Hall–Kier alpha value is -2.99. The van der Waals surface area contributed by atoms with Gasteiger partial charge in [-0.15, -0.1) is 0 Å². The first-order valence-electron chi connectivity index (χ1n) is 8.54. The number of phenols is 2. The number of hydrogen-bond acceptors (Lipinski definition) is 6. The number of aromatic hydroxyl groups is 2. The van der Waals surface area contributed by atoms with Crippen molar-refractivity contribution in [3.05, 3.63) is 53.6 Å². The minimum absolute atomic E-state index is 0.0148. The molecule has 0 bridgehead atoms.